The smallest absolute Gasteiger partial charge is 0.180 e. The molecule has 1 nitrogen and oxygen atoms in total. The third-order valence-corrected chi connectivity index (χ3v) is 18.0. The van der Waals surface area contributed by atoms with E-state index < -0.39 is 8.07 Å². The third kappa shape index (κ3) is 5.76. The first-order chi connectivity index (χ1) is 30.7. The molecule has 0 bridgehead atoms. The molecule has 62 heavy (non-hydrogen) atoms. The number of anilines is 3. The van der Waals surface area contributed by atoms with E-state index in [1.165, 1.54) is 86.4 Å². The van der Waals surface area contributed by atoms with E-state index in [0.29, 0.717) is 0 Å². The number of benzene rings is 11. The first kappa shape index (κ1) is 36.1. The van der Waals surface area contributed by atoms with Gasteiger partial charge in [0.05, 0.1) is 5.69 Å². The second-order valence-corrected chi connectivity index (χ2v) is 20.2. The molecular weight excluding hydrogens is 763 g/mol. The number of hydrogen-bond donors (Lipinski definition) is 0. The summed E-state index contributed by atoms with van der Waals surface area (Å²) >= 11 is 0. The lowest BCUT2D eigenvalue weighted by Crippen LogP contribution is -2.72. The molecule has 0 aliphatic carbocycles. The molecule has 290 valence electrons. The van der Waals surface area contributed by atoms with Gasteiger partial charge >= 0.3 is 0 Å². The van der Waals surface area contributed by atoms with Crippen LogP contribution in [-0.4, -0.2) is 8.07 Å². The highest BCUT2D eigenvalue weighted by atomic mass is 28.3. The maximum Gasteiger partial charge on any atom is 0.180 e. The average Bonchev–Trinajstić information content (AvgIpc) is 3.63. The van der Waals surface area contributed by atoms with Crippen molar-refractivity contribution >= 4 is 78.2 Å². The Labute approximate surface area is 363 Å². The summed E-state index contributed by atoms with van der Waals surface area (Å²) in [5.41, 5.74) is 10.9. The molecule has 1 heterocycles. The van der Waals surface area contributed by atoms with Gasteiger partial charge in [-0.25, -0.2) is 0 Å². The standard InChI is InChI=1S/C60H41NSi/c1-4-16-42(17-5-1)43-28-33-49(34-29-43)61(58-40-48-20-12-13-25-53(48)54-26-14-15-27-55(54)58)50-35-30-44(31-36-50)47-32-37-59-56(39-47)57-38-45-18-10-11-19-46(45)41-60(57)62(59,51-21-6-2-7-22-51)52-23-8-3-9-24-52/h1-41H. The van der Waals surface area contributed by atoms with Crippen molar-refractivity contribution in [1.82, 2.24) is 0 Å². The summed E-state index contributed by atoms with van der Waals surface area (Å²) in [6.07, 6.45) is 0. The van der Waals surface area contributed by atoms with Crippen LogP contribution in [0.2, 0.25) is 0 Å². The average molecular weight is 804 g/mol. The molecule has 11 aromatic carbocycles. The zero-order valence-electron chi connectivity index (χ0n) is 34.1. The number of rotatable bonds is 7. The van der Waals surface area contributed by atoms with E-state index in [0.717, 1.165) is 17.1 Å². The van der Waals surface area contributed by atoms with Gasteiger partial charge in [0.2, 0.25) is 0 Å². The Morgan fingerprint density at radius 2 is 0.726 bits per heavy atom. The molecule has 1 aliphatic rings. The molecule has 0 amide bonds. The molecule has 0 unspecified atom stereocenters. The fraction of sp³-hybridized carbons (Fsp3) is 0. The first-order valence-electron chi connectivity index (χ1n) is 21.5. The highest BCUT2D eigenvalue weighted by molar-refractivity contribution is 7.22. The molecule has 0 N–H and O–H groups in total. The zero-order valence-corrected chi connectivity index (χ0v) is 35.1. The van der Waals surface area contributed by atoms with Crippen molar-refractivity contribution in [3.63, 3.8) is 0 Å². The highest BCUT2D eigenvalue weighted by Crippen LogP contribution is 2.43. The van der Waals surface area contributed by atoms with E-state index in [1.54, 1.807) is 0 Å². The van der Waals surface area contributed by atoms with E-state index in [9.17, 15) is 0 Å². The SMILES string of the molecule is c1ccc(-c2ccc(N(c3ccc(-c4ccc5c(c4)-c4cc6ccccc6cc4[Si]5(c4ccccc4)c4ccccc4)cc3)c3cc4ccccc4c4ccccc34)cc2)cc1. The minimum atomic E-state index is -2.64. The van der Waals surface area contributed by atoms with Crippen LogP contribution in [-0.2, 0) is 0 Å². The molecule has 1 aliphatic heterocycles. The zero-order chi connectivity index (χ0) is 41.0. The van der Waals surface area contributed by atoms with Gasteiger partial charge in [-0.15, -0.1) is 0 Å². The maximum atomic E-state index is 2.50. The van der Waals surface area contributed by atoms with Crippen LogP contribution in [0, 0.1) is 0 Å². The predicted octanol–water partition coefficient (Wildman–Crippen LogP) is 13.3. The van der Waals surface area contributed by atoms with Crippen LogP contribution < -0.4 is 25.6 Å². The minimum Gasteiger partial charge on any atom is -0.310 e. The normalized spacial score (nSPS) is 12.6. The summed E-state index contributed by atoms with van der Waals surface area (Å²) in [7, 11) is -2.64. The molecule has 0 atom stereocenters. The van der Waals surface area contributed by atoms with Gasteiger partial charge in [-0.1, -0.05) is 206 Å². The summed E-state index contributed by atoms with van der Waals surface area (Å²) in [6.45, 7) is 0. The topological polar surface area (TPSA) is 3.24 Å². The Morgan fingerprint density at radius 1 is 0.274 bits per heavy atom. The number of hydrogen-bond acceptors (Lipinski definition) is 1. The van der Waals surface area contributed by atoms with Gasteiger partial charge in [-0.3, -0.25) is 0 Å². The van der Waals surface area contributed by atoms with Gasteiger partial charge in [0, 0.05) is 16.8 Å². The second kappa shape index (κ2) is 14.7. The van der Waals surface area contributed by atoms with Crippen molar-refractivity contribution in [1.29, 1.82) is 0 Å². The lowest BCUT2D eigenvalue weighted by Gasteiger charge is -2.31. The summed E-state index contributed by atoms with van der Waals surface area (Å²) in [4.78, 5) is 2.43. The summed E-state index contributed by atoms with van der Waals surface area (Å²) in [5, 5.41) is 13.3. The van der Waals surface area contributed by atoms with Crippen LogP contribution in [0.4, 0.5) is 17.1 Å². The van der Waals surface area contributed by atoms with E-state index in [1.807, 2.05) is 0 Å². The summed E-state index contributed by atoms with van der Waals surface area (Å²) < 4.78 is 0. The van der Waals surface area contributed by atoms with Crippen molar-refractivity contribution < 1.29 is 0 Å². The van der Waals surface area contributed by atoms with Gasteiger partial charge < -0.3 is 4.90 Å². The molecule has 0 saturated carbocycles. The Kier molecular flexibility index (Phi) is 8.58. The Hall–Kier alpha value is -7.78. The van der Waals surface area contributed by atoms with E-state index in [-0.39, 0.29) is 0 Å². The Bertz CT molecular complexity index is 3390. The molecule has 12 rings (SSSR count). The lowest BCUT2D eigenvalue weighted by molar-refractivity contribution is 1.30. The van der Waals surface area contributed by atoms with Crippen molar-refractivity contribution in [3.8, 4) is 33.4 Å². The van der Waals surface area contributed by atoms with Crippen LogP contribution in [0.1, 0.15) is 0 Å². The van der Waals surface area contributed by atoms with Crippen LogP contribution in [0.5, 0.6) is 0 Å². The summed E-state index contributed by atoms with van der Waals surface area (Å²) in [5.74, 6) is 0. The molecule has 0 saturated heterocycles. The quantitative estimate of drug-likeness (QED) is 0.115. The molecule has 2 heteroatoms. The fourth-order valence-electron chi connectivity index (χ4n) is 10.2. The number of fused-ring (bicyclic) bond motifs is 7. The molecular formula is C60H41NSi. The van der Waals surface area contributed by atoms with Crippen LogP contribution in [0.3, 0.4) is 0 Å². The molecule has 11 aromatic rings. The number of nitrogens with zero attached hydrogens (tertiary/aromatic N) is 1. The maximum absolute atomic E-state index is 2.64. The minimum absolute atomic E-state index is 1.11. The fourth-order valence-corrected chi connectivity index (χ4v) is 15.4. The van der Waals surface area contributed by atoms with Crippen LogP contribution in [0.15, 0.2) is 249 Å². The van der Waals surface area contributed by atoms with Gasteiger partial charge in [-0.05, 0) is 124 Å². The monoisotopic (exact) mass is 803 g/mol. The van der Waals surface area contributed by atoms with Crippen molar-refractivity contribution in [2.45, 2.75) is 0 Å². The van der Waals surface area contributed by atoms with Gasteiger partial charge in [-0.2, -0.15) is 0 Å². The molecule has 0 radical (unpaired) electrons. The molecule has 0 spiro atoms. The second-order valence-electron chi connectivity index (χ2n) is 16.4. The van der Waals surface area contributed by atoms with E-state index >= 15 is 0 Å². The molecule has 0 aromatic heterocycles. The van der Waals surface area contributed by atoms with Crippen molar-refractivity contribution in [2.24, 2.45) is 0 Å². The molecule has 0 fully saturated rings. The largest absolute Gasteiger partial charge is 0.310 e. The first-order valence-corrected chi connectivity index (χ1v) is 23.5. The van der Waals surface area contributed by atoms with Crippen LogP contribution in [0.25, 0.3) is 65.7 Å². The third-order valence-electron chi connectivity index (χ3n) is 13.1. The lowest BCUT2D eigenvalue weighted by atomic mass is 9.96. The highest BCUT2D eigenvalue weighted by Gasteiger charge is 2.48. The van der Waals surface area contributed by atoms with Crippen molar-refractivity contribution in [3.05, 3.63) is 249 Å². The van der Waals surface area contributed by atoms with Gasteiger partial charge in [0.15, 0.2) is 8.07 Å². The van der Waals surface area contributed by atoms with Gasteiger partial charge in [0.25, 0.3) is 0 Å². The predicted molar refractivity (Wildman–Crippen MR) is 267 cm³/mol. The van der Waals surface area contributed by atoms with Gasteiger partial charge in [0.1, 0.15) is 0 Å². The van der Waals surface area contributed by atoms with Crippen molar-refractivity contribution in [2.75, 3.05) is 4.90 Å². The summed E-state index contributed by atoms with van der Waals surface area (Å²) in [6, 6.07) is 92.4. The van der Waals surface area contributed by atoms with Crippen LogP contribution >= 0.6 is 0 Å². The van der Waals surface area contributed by atoms with E-state index in [4.69, 9.17) is 0 Å². The Morgan fingerprint density at radius 3 is 1.35 bits per heavy atom. The Balaban J connectivity index is 1.02. The van der Waals surface area contributed by atoms with E-state index in [2.05, 4.69) is 254 Å².